The third-order valence-corrected chi connectivity index (χ3v) is 3.50. The van der Waals surface area contributed by atoms with E-state index in [1.807, 2.05) is 12.1 Å². The van der Waals surface area contributed by atoms with E-state index in [1.54, 1.807) is 0 Å². The van der Waals surface area contributed by atoms with Crippen LogP contribution in [0.2, 0.25) is 0 Å². The summed E-state index contributed by atoms with van der Waals surface area (Å²) < 4.78 is 0. The van der Waals surface area contributed by atoms with Crippen molar-refractivity contribution < 1.29 is 9.59 Å². The number of ketones is 2. The van der Waals surface area contributed by atoms with Gasteiger partial charge in [0.2, 0.25) is 0 Å². The van der Waals surface area contributed by atoms with Crippen LogP contribution < -0.4 is 0 Å². The number of carbonyl (C=O) groups is 2. The molecule has 2 fully saturated rings. The lowest BCUT2D eigenvalue weighted by atomic mass is 9.76. The van der Waals surface area contributed by atoms with Gasteiger partial charge in [-0.1, -0.05) is 6.42 Å². The third kappa shape index (κ3) is 4.30. The first-order chi connectivity index (χ1) is 8.62. The van der Waals surface area contributed by atoms with Crippen LogP contribution in [-0.4, -0.2) is 11.6 Å². The number of hydrogen-bond donors (Lipinski definition) is 0. The summed E-state index contributed by atoms with van der Waals surface area (Å²) in [5.74, 6) is 0.636. The number of carbonyl (C=O) groups excluding carboxylic acids is 2. The van der Waals surface area contributed by atoms with Crippen LogP contribution in [0.4, 0.5) is 0 Å². The summed E-state index contributed by atoms with van der Waals surface area (Å²) in [4.78, 5) is 21.2. The maximum Gasteiger partial charge on any atom is 0.144 e. The molecule has 0 spiro atoms. The maximum atomic E-state index is 10.8. The number of hydrogen-bond acceptors (Lipinski definition) is 4. The van der Waals surface area contributed by atoms with E-state index in [0.717, 1.165) is 25.7 Å². The molecule has 0 bridgehead atoms. The minimum atomic E-state index is -0.867. The molecular formula is C14H18N2O2. The van der Waals surface area contributed by atoms with Crippen molar-refractivity contribution in [3.8, 4) is 12.1 Å². The van der Waals surface area contributed by atoms with Gasteiger partial charge in [-0.3, -0.25) is 9.59 Å². The van der Waals surface area contributed by atoms with E-state index >= 15 is 0 Å². The molecule has 0 unspecified atom stereocenters. The van der Waals surface area contributed by atoms with Crippen molar-refractivity contribution in [1.29, 1.82) is 10.5 Å². The average Bonchev–Trinajstić information content (AvgIpc) is 2.42. The predicted octanol–water partition coefficient (Wildman–Crippen LogP) is 2.68. The van der Waals surface area contributed by atoms with E-state index in [0.29, 0.717) is 31.5 Å². The van der Waals surface area contributed by atoms with E-state index in [-0.39, 0.29) is 5.78 Å². The standard InChI is InChI=1S/C8H8N2O.C6H10O/c9-5-8(6-10)3-1-7(11)2-4-8;7-6-4-2-1-3-5-6/h1-4H2;1-5H2. The minimum absolute atomic E-state index is 0.172. The average molecular weight is 246 g/mol. The highest BCUT2D eigenvalue weighted by Gasteiger charge is 2.34. The predicted molar refractivity (Wildman–Crippen MR) is 65.2 cm³/mol. The molecule has 2 aliphatic rings. The molecule has 0 aromatic rings. The summed E-state index contributed by atoms with van der Waals surface area (Å²) in [6.45, 7) is 0. The van der Waals surface area contributed by atoms with Crippen molar-refractivity contribution in [2.45, 2.75) is 57.8 Å². The molecule has 2 saturated carbocycles. The summed E-state index contributed by atoms with van der Waals surface area (Å²) >= 11 is 0. The number of nitriles is 2. The Hall–Kier alpha value is -1.68. The zero-order valence-corrected chi connectivity index (χ0v) is 10.6. The highest BCUT2D eigenvalue weighted by molar-refractivity contribution is 5.79. The van der Waals surface area contributed by atoms with Gasteiger partial charge in [-0.2, -0.15) is 10.5 Å². The van der Waals surface area contributed by atoms with E-state index in [9.17, 15) is 9.59 Å². The van der Waals surface area contributed by atoms with Gasteiger partial charge in [0.1, 0.15) is 17.0 Å². The van der Waals surface area contributed by atoms with Crippen molar-refractivity contribution in [2.24, 2.45) is 5.41 Å². The lowest BCUT2D eigenvalue weighted by Crippen LogP contribution is -2.24. The minimum Gasteiger partial charge on any atom is -0.300 e. The normalized spacial score (nSPS) is 22.1. The van der Waals surface area contributed by atoms with E-state index in [1.165, 1.54) is 6.42 Å². The monoisotopic (exact) mass is 246 g/mol. The summed E-state index contributed by atoms with van der Waals surface area (Å²) in [6.07, 6.45) is 6.85. The largest absolute Gasteiger partial charge is 0.300 e. The molecule has 0 aliphatic heterocycles. The second-order valence-corrected chi connectivity index (χ2v) is 4.94. The van der Waals surface area contributed by atoms with Crippen LogP contribution in [0.25, 0.3) is 0 Å². The van der Waals surface area contributed by atoms with Gasteiger partial charge in [0.15, 0.2) is 0 Å². The summed E-state index contributed by atoms with van der Waals surface area (Å²) in [6, 6.07) is 3.95. The molecule has 0 N–H and O–H groups in total. The van der Waals surface area contributed by atoms with Gasteiger partial charge in [0, 0.05) is 25.7 Å². The molecule has 0 aromatic heterocycles. The SMILES string of the molecule is N#CC1(C#N)CCC(=O)CC1.O=C1CCCCC1. The van der Waals surface area contributed by atoms with Crippen molar-refractivity contribution in [3.63, 3.8) is 0 Å². The lowest BCUT2D eigenvalue weighted by Gasteiger charge is -2.21. The Morgan fingerprint density at radius 1 is 0.778 bits per heavy atom. The van der Waals surface area contributed by atoms with Gasteiger partial charge in [-0.05, 0) is 25.7 Å². The van der Waals surface area contributed by atoms with Crippen LogP contribution in [-0.2, 0) is 9.59 Å². The van der Waals surface area contributed by atoms with Crippen LogP contribution in [0.3, 0.4) is 0 Å². The highest BCUT2D eigenvalue weighted by atomic mass is 16.1. The van der Waals surface area contributed by atoms with Crippen molar-refractivity contribution in [2.75, 3.05) is 0 Å². The van der Waals surface area contributed by atoms with Gasteiger partial charge in [0.25, 0.3) is 0 Å². The zero-order chi connectivity index (χ0) is 13.4. The number of nitrogens with zero attached hydrogens (tertiary/aromatic N) is 2. The molecule has 0 heterocycles. The van der Waals surface area contributed by atoms with Gasteiger partial charge >= 0.3 is 0 Å². The molecular weight excluding hydrogens is 228 g/mol. The van der Waals surface area contributed by atoms with E-state index in [4.69, 9.17) is 10.5 Å². The van der Waals surface area contributed by atoms with Gasteiger partial charge in [-0.15, -0.1) is 0 Å². The molecule has 4 nitrogen and oxygen atoms in total. The smallest absolute Gasteiger partial charge is 0.144 e. The molecule has 0 atom stereocenters. The van der Waals surface area contributed by atoms with E-state index < -0.39 is 5.41 Å². The second kappa shape index (κ2) is 6.91. The third-order valence-electron chi connectivity index (χ3n) is 3.50. The van der Waals surface area contributed by atoms with Crippen LogP contribution in [0.1, 0.15) is 57.8 Å². The first-order valence-electron chi connectivity index (χ1n) is 6.48. The molecule has 0 saturated heterocycles. The molecule has 4 heteroatoms. The molecule has 2 rings (SSSR count). The maximum absolute atomic E-state index is 10.8. The molecule has 0 radical (unpaired) electrons. The first kappa shape index (κ1) is 14.4. The summed E-state index contributed by atoms with van der Waals surface area (Å²) in [7, 11) is 0. The van der Waals surface area contributed by atoms with Crippen LogP contribution in [0.15, 0.2) is 0 Å². The summed E-state index contributed by atoms with van der Waals surface area (Å²) in [5, 5.41) is 17.3. The van der Waals surface area contributed by atoms with Crippen LogP contribution >= 0.6 is 0 Å². The topological polar surface area (TPSA) is 81.7 Å². The zero-order valence-electron chi connectivity index (χ0n) is 10.6. The van der Waals surface area contributed by atoms with Crippen LogP contribution in [0.5, 0.6) is 0 Å². The second-order valence-electron chi connectivity index (χ2n) is 4.94. The lowest BCUT2D eigenvalue weighted by molar-refractivity contribution is -0.121. The van der Waals surface area contributed by atoms with E-state index in [2.05, 4.69) is 0 Å². The molecule has 96 valence electrons. The van der Waals surface area contributed by atoms with Gasteiger partial charge in [-0.25, -0.2) is 0 Å². The number of Topliss-reactive ketones (excluding diaryl/α,β-unsaturated/α-hetero) is 2. The van der Waals surface area contributed by atoms with Gasteiger partial charge < -0.3 is 0 Å². The highest BCUT2D eigenvalue weighted by Crippen LogP contribution is 2.32. The quantitative estimate of drug-likeness (QED) is 0.658. The Morgan fingerprint density at radius 3 is 1.56 bits per heavy atom. The Bertz CT molecular complexity index is 367. The number of rotatable bonds is 0. The van der Waals surface area contributed by atoms with Crippen molar-refractivity contribution in [3.05, 3.63) is 0 Å². The fourth-order valence-corrected chi connectivity index (χ4v) is 2.15. The van der Waals surface area contributed by atoms with Crippen molar-refractivity contribution >= 4 is 11.6 Å². The summed E-state index contributed by atoms with van der Waals surface area (Å²) in [5.41, 5.74) is -0.867. The molecule has 0 aromatic carbocycles. The van der Waals surface area contributed by atoms with Crippen LogP contribution in [0, 0.1) is 28.1 Å². The Morgan fingerprint density at radius 2 is 1.22 bits per heavy atom. The Kier molecular flexibility index (Phi) is 5.52. The fourth-order valence-electron chi connectivity index (χ4n) is 2.15. The Balaban J connectivity index is 0.000000199. The van der Waals surface area contributed by atoms with Crippen molar-refractivity contribution in [1.82, 2.24) is 0 Å². The first-order valence-corrected chi connectivity index (χ1v) is 6.48. The molecule has 0 amide bonds. The molecule has 18 heavy (non-hydrogen) atoms. The Labute approximate surface area is 108 Å². The fraction of sp³-hybridized carbons (Fsp3) is 0.714. The van der Waals surface area contributed by atoms with Gasteiger partial charge in [0.05, 0.1) is 12.1 Å². The molecule has 2 aliphatic carbocycles.